The maximum Gasteiger partial charge on any atom is 0.349 e. The van der Waals surface area contributed by atoms with Gasteiger partial charge >= 0.3 is 5.97 Å². The molecule has 5 heteroatoms. The highest BCUT2D eigenvalue weighted by atomic mass is 16.5. The summed E-state index contributed by atoms with van der Waals surface area (Å²) < 4.78 is 2.48. The van der Waals surface area contributed by atoms with Crippen molar-refractivity contribution in [3.8, 4) is 33.9 Å². The summed E-state index contributed by atoms with van der Waals surface area (Å²) in [5.74, 6) is -0.701. The molecular weight excluding hydrogens is 364 g/mol. The van der Waals surface area contributed by atoms with E-state index < -0.39 is 12.0 Å². The average molecular weight is 384 g/mol. The molecule has 0 bridgehead atoms. The van der Waals surface area contributed by atoms with Gasteiger partial charge in [-0.15, -0.1) is 0 Å². The van der Waals surface area contributed by atoms with Crippen LogP contribution in [-0.4, -0.2) is 15.6 Å². The van der Waals surface area contributed by atoms with E-state index in [9.17, 15) is 15.1 Å². The lowest BCUT2D eigenvalue weighted by atomic mass is 10.0. The molecule has 4 rings (SSSR count). The molecule has 0 saturated carbocycles. The van der Waals surface area contributed by atoms with Crippen molar-refractivity contribution in [2.45, 2.75) is 13.0 Å². The Kier molecular flexibility index (Phi) is 4.87. The fraction of sp³-hybridized carbons (Fsp3) is 0.0833. The molecule has 1 aromatic heterocycles. The number of carbonyl (C=O) groups is 1. The molecule has 0 fully saturated rings. The summed E-state index contributed by atoms with van der Waals surface area (Å²) in [5.41, 5.74) is 3.19. The lowest BCUT2D eigenvalue weighted by Gasteiger charge is -2.11. The van der Waals surface area contributed by atoms with Crippen LogP contribution >= 0.6 is 0 Å². The van der Waals surface area contributed by atoms with E-state index in [2.05, 4.69) is 0 Å². The Balaban J connectivity index is 2.15. The number of aromatic nitrogens is 2. The SMILES string of the molecule is CC(C(=O)O)n1c(-c2ccccc2)c(-c2ccccc2)[n+]([O-])c1-c1ccccc1. The molecule has 1 heterocycles. The molecule has 1 unspecified atom stereocenters. The molecule has 0 spiro atoms. The Morgan fingerprint density at radius 2 is 1.28 bits per heavy atom. The predicted molar refractivity (Wildman–Crippen MR) is 112 cm³/mol. The van der Waals surface area contributed by atoms with Crippen LogP contribution in [0.4, 0.5) is 0 Å². The van der Waals surface area contributed by atoms with Crippen molar-refractivity contribution in [2.75, 3.05) is 0 Å². The van der Waals surface area contributed by atoms with Gasteiger partial charge in [0.15, 0.2) is 17.4 Å². The Morgan fingerprint density at radius 1 is 0.828 bits per heavy atom. The van der Waals surface area contributed by atoms with Crippen molar-refractivity contribution in [1.82, 2.24) is 4.57 Å². The molecule has 0 aliphatic heterocycles. The molecule has 1 N–H and O–H groups in total. The number of benzene rings is 3. The number of hydrogen-bond acceptors (Lipinski definition) is 2. The van der Waals surface area contributed by atoms with Crippen LogP contribution in [0, 0.1) is 5.21 Å². The van der Waals surface area contributed by atoms with E-state index in [1.54, 1.807) is 11.5 Å². The number of rotatable bonds is 5. The monoisotopic (exact) mass is 384 g/mol. The summed E-state index contributed by atoms with van der Waals surface area (Å²) in [4.78, 5) is 12.0. The first-order valence-corrected chi connectivity index (χ1v) is 9.36. The molecule has 0 amide bonds. The maximum atomic E-state index is 13.6. The summed E-state index contributed by atoms with van der Waals surface area (Å²) in [6.07, 6.45) is 0. The second-order valence-electron chi connectivity index (χ2n) is 6.80. The summed E-state index contributed by atoms with van der Waals surface area (Å²) in [5, 5.41) is 23.4. The third-order valence-corrected chi connectivity index (χ3v) is 4.96. The Hall–Kier alpha value is -3.86. The van der Waals surface area contributed by atoms with Gasteiger partial charge in [-0.25, -0.2) is 14.1 Å². The van der Waals surface area contributed by atoms with Gasteiger partial charge in [0.1, 0.15) is 0 Å². The zero-order valence-corrected chi connectivity index (χ0v) is 15.9. The molecule has 0 radical (unpaired) electrons. The summed E-state index contributed by atoms with van der Waals surface area (Å²) in [6, 6.07) is 27.0. The summed E-state index contributed by atoms with van der Waals surface area (Å²) in [6.45, 7) is 1.59. The average Bonchev–Trinajstić information content (AvgIpc) is 3.07. The molecule has 0 saturated heterocycles. The fourth-order valence-corrected chi connectivity index (χ4v) is 3.57. The number of aliphatic carboxylic acids is 1. The van der Waals surface area contributed by atoms with Gasteiger partial charge in [0, 0.05) is 11.1 Å². The van der Waals surface area contributed by atoms with Crippen molar-refractivity contribution in [3.63, 3.8) is 0 Å². The number of hydrogen-bond donors (Lipinski definition) is 1. The van der Waals surface area contributed by atoms with Crippen LogP contribution in [0.2, 0.25) is 0 Å². The van der Waals surface area contributed by atoms with Gasteiger partial charge in [0.2, 0.25) is 0 Å². The van der Waals surface area contributed by atoms with Crippen LogP contribution in [0.5, 0.6) is 0 Å². The Labute approximate surface area is 168 Å². The molecule has 1 atom stereocenters. The predicted octanol–water partition coefficient (Wildman–Crippen LogP) is 4.77. The van der Waals surface area contributed by atoms with Crippen LogP contribution in [0.25, 0.3) is 33.9 Å². The first-order chi connectivity index (χ1) is 14.1. The van der Waals surface area contributed by atoms with Gasteiger partial charge in [-0.1, -0.05) is 78.9 Å². The topological polar surface area (TPSA) is 69.2 Å². The number of carboxylic acids is 1. The number of imidazole rings is 1. The highest BCUT2D eigenvalue weighted by Crippen LogP contribution is 2.37. The van der Waals surface area contributed by atoms with Crippen LogP contribution in [0.15, 0.2) is 91.0 Å². The lowest BCUT2D eigenvalue weighted by Crippen LogP contribution is -2.31. The van der Waals surface area contributed by atoms with E-state index in [1.165, 1.54) is 0 Å². The maximum absolute atomic E-state index is 13.6. The minimum absolute atomic E-state index is 0.304. The first-order valence-electron chi connectivity index (χ1n) is 9.36. The van der Waals surface area contributed by atoms with Crippen molar-refractivity contribution in [3.05, 3.63) is 96.2 Å². The van der Waals surface area contributed by atoms with E-state index in [4.69, 9.17) is 0 Å². The lowest BCUT2D eigenvalue weighted by molar-refractivity contribution is -0.581. The Morgan fingerprint density at radius 3 is 1.76 bits per heavy atom. The first kappa shape index (κ1) is 18.5. The Bertz CT molecular complexity index is 1140. The van der Waals surface area contributed by atoms with Crippen LogP contribution in [0.1, 0.15) is 13.0 Å². The molecule has 5 nitrogen and oxygen atoms in total. The minimum Gasteiger partial charge on any atom is -0.710 e. The van der Waals surface area contributed by atoms with E-state index in [0.29, 0.717) is 22.8 Å². The van der Waals surface area contributed by atoms with Crippen LogP contribution in [0.3, 0.4) is 0 Å². The third-order valence-electron chi connectivity index (χ3n) is 4.96. The summed E-state index contributed by atoms with van der Waals surface area (Å²) >= 11 is 0. The normalized spacial score (nSPS) is 11.9. The van der Waals surface area contributed by atoms with E-state index >= 15 is 0 Å². The van der Waals surface area contributed by atoms with Gasteiger partial charge in [-0.2, -0.15) is 0 Å². The summed E-state index contributed by atoms with van der Waals surface area (Å²) in [7, 11) is 0. The quantitative estimate of drug-likeness (QED) is 0.398. The highest BCUT2D eigenvalue weighted by molar-refractivity contribution is 5.82. The van der Waals surface area contributed by atoms with Crippen molar-refractivity contribution in [1.29, 1.82) is 0 Å². The van der Waals surface area contributed by atoms with Gasteiger partial charge in [-0.05, 0) is 19.1 Å². The second-order valence-corrected chi connectivity index (χ2v) is 6.80. The van der Waals surface area contributed by atoms with Gasteiger partial charge < -0.3 is 10.3 Å². The van der Waals surface area contributed by atoms with Crippen molar-refractivity contribution < 1.29 is 14.6 Å². The molecule has 0 aliphatic rings. The smallest absolute Gasteiger partial charge is 0.349 e. The van der Waals surface area contributed by atoms with Crippen LogP contribution < -0.4 is 4.73 Å². The van der Waals surface area contributed by atoms with Gasteiger partial charge in [0.05, 0.1) is 5.56 Å². The van der Waals surface area contributed by atoms with Crippen molar-refractivity contribution in [2.24, 2.45) is 0 Å². The van der Waals surface area contributed by atoms with E-state index in [1.807, 2.05) is 91.0 Å². The minimum atomic E-state index is -1.01. The number of carboxylic acid groups (broad SMARTS) is 1. The van der Waals surface area contributed by atoms with E-state index in [0.717, 1.165) is 15.9 Å². The zero-order chi connectivity index (χ0) is 20.4. The van der Waals surface area contributed by atoms with E-state index in [-0.39, 0.29) is 0 Å². The molecule has 3 aromatic carbocycles. The third kappa shape index (κ3) is 3.27. The standard InChI is InChI=1S/C24H20N2O3/c1-17(24(27)28)25-21(18-11-5-2-6-12-18)22(19-13-7-3-8-14-19)26(29)23(25)20-15-9-4-10-16-20/h2-17H,1H3,(H,27,28). The molecule has 29 heavy (non-hydrogen) atoms. The molecule has 0 aliphatic carbocycles. The van der Waals surface area contributed by atoms with Gasteiger partial charge in [-0.3, -0.25) is 0 Å². The molecule has 4 aromatic rings. The van der Waals surface area contributed by atoms with Crippen LogP contribution in [-0.2, 0) is 4.79 Å². The largest absolute Gasteiger partial charge is 0.710 e. The number of nitrogens with zero attached hydrogens (tertiary/aromatic N) is 2. The zero-order valence-electron chi connectivity index (χ0n) is 15.9. The molecular formula is C24H20N2O3. The van der Waals surface area contributed by atoms with Crippen molar-refractivity contribution >= 4 is 5.97 Å². The molecule has 144 valence electrons. The van der Waals surface area contributed by atoms with Gasteiger partial charge in [0.25, 0.3) is 5.82 Å². The second kappa shape index (κ2) is 7.64. The fourth-order valence-electron chi connectivity index (χ4n) is 3.57. The highest BCUT2D eigenvalue weighted by Gasteiger charge is 2.35.